The van der Waals surface area contributed by atoms with E-state index in [0.29, 0.717) is 19.4 Å². The van der Waals surface area contributed by atoms with E-state index in [4.69, 9.17) is 4.74 Å². The number of hydrogen-bond donors (Lipinski definition) is 1. The molecule has 0 spiro atoms. The Labute approximate surface area is 229 Å². The molecule has 0 radical (unpaired) electrons. The van der Waals surface area contributed by atoms with Gasteiger partial charge in [0.1, 0.15) is 18.0 Å². The Bertz CT molecular complexity index is 1180. The van der Waals surface area contributed by atoms with Crippen LogP contribution in [0, 0.1) is 5.82 Å². The molecule has 2 aromatic carbocycles. The van der Waals surface area contributed by atoms with Crippen LogP contribution >= 0.6 is 0 Å². The zero-order valence-electron chi connectivity index (χ0n) is 22.6. The molecule has 1 amide bonds. The van der Waals surface area contributed by atoms with Crippen molar-refractivity contribution < 1.29 is 28.5 Å². The second-order valence-electron chi connectivity index (χ2n) is 11.6. The summed E-state index contributed by atoms with van der Waals surface area (Å²) in [6.45, 7) is 4.87. The number of carbonyl (C=O) groups is 1. The lowest BCUT2D eigenvalue weighted by Crippen LogP contribution is -2.59. The van der Waals surface area contributed by atoms with E-state index >= 15 is 8.78 Å². The summed E-state index contributed by atoms with van der Waals surface area (Å²) in [4.78, 5) is 15.3. The van der Waals surface area contributed by atoms with Crippen molar-refractivity contribution in [2.75, 3.05) is 13.1 Å². The number of halogens is 4. The van der Waals surface area contributed by atoms with Crippen molar-refractivity contribution in [2.45, 2.75) is 101 Å². The predicted molar refractivity (Wildman–Crippen MR) is 145 cm³/mol. The third-order valence-corrected chi connectivity index (χ3v) is 8.40. The molecule has 4 nitrogen and oxygen atoms in total. The number of likely N-dealkylation sites (tertiary alicyclic amines) is 1. The molecule has 214 valence electrons. The number of ether oxygens (including phenoxy) is 1. The molecule has 4 atom stereocenters. The molecule has 2 saturated carbocycles. The normalized spacial score (nSPS) is 27.5. The fourth-order valence-electron chi connectivity index (χ4n) is 6.16. The maximum atomic E-state index is 15.1. The van der Waals surface area contributed by atoms with Gasteiger partial charge in [-0.25, -0.2) is 17.6 Å². The quantitative estimate of drug-likeness (QED) is 0.375. The van der Waals surface area contributed by atoms with Gasteiger partial charge in [0.2, 0.25) is 5.91 Å². The maximum absolute atomic E-state index is 15.1. The Morgan fingerprint density at radius 2 is 1.90 bits per heavy atom. The van der Waals surface area contributed by atoms with Crippen LogP contribution < -0.4 is 5.32 Å². The molecule has 2 aromatic rings. The fraction of sp³-hybridized carbons (Fsp3) is 0.581. The van der Waals surface area contributed by atoms with Crippen molar-refractivity contribution in [3.05, 3.63) is 59.4 Å². The van der Waals surface area contributed by atoms with Gasteiger partial charge in [0.05, 0.1) is 18.6 Å². The zero-order valence-corrected chi connectivity index (χ0v) is 22.6. The minimum absolute atomic E-state index is 0. The monoisotopic (exact) mass is 548 g/mol. The highest BCUT2D eigenvalue weighted by Crippen LogP contribution is 2.46. The van der Waals surface area contributed by atoms with Crippen LogP contribution in [-0.2, 0) is 16.0 Å². The molecule has 0 bridgehead atoms. The van der Waals surface area contributed by atoms with Gasteiger partial charge in [-0.2, -0.15) is 0 Å². The fourth-order valence-corrected chi connectivity index (χ4v) is 6.16. The molecule has 1 heterocycles. The maximum Gasteiger partial charge on any atom is 0.270 e. The molecule has 39 heavy (non-hydrogen) atoms. The topological polar surface area (TPSA) is 41.6 Å². The van der Waals surface area contributed by atoms with Crippen LogP contribution in [0.4, 0.5) is 17.6 Å². The van der Waals surface area contributed by atoms with Crippen molar-refractivity contribution in [2.24, 2.45) is 0 Å². The number of carbonyl (C=O) groups excluding carboxylic acids is 1. The predicted octanol–water partition coefficient (Wildman–Crippen LogP) is 6.67. The zero-order chi connectivity index (χ0) is 27.7. The number of piperidine rings is 1. The molecule has 5 rings (SSSR count). The van der Waals surface area contributed by atoms with Gasteiger partial charge >= 0.3 is 0 Å². The average molecular weight is 549 g/mol. The van der Waals surface area contributed by atoms with Gasteiger partial charge < -0.3 is 10.1 Å². The summed E-state index contributed by atoms with van der Waals surface area (Å²) in [5.41, 5.74) is 3.35. The van der Waals surface area contributed by atoms with E-state index in [1.54, 1.807) is 6.07 Å². The number of benzene rings is 2. The smallest absolute Gasteiger partial charge is 0.270 e. The van der Waals surface area contributed by atoms with Gasteiger partial charge in [-0.1, -0.05) is 30.3 Å². The van der Waals surface area contributed by atoms with Crippen LogP contribution in [0.5, 0.6) is 0 Å². The van der Waals surface area contributed by atoms with Gasteiger partial charge in [-0.05, 0) is 86.3 Å². The highest BCUT2D eigenvalue weighted by molar-refractivity contribution is 5.81. The van der Waals surface area contributed by atoms with E-state index < -0.39 is 36.3 Å². The number of rotatable bonds is 8. The number of nitrogens with zero attached hydrogens (tertiary/aromatic N) is 1. The van der Waals surface area contributed by atoms with Crippen molar-refractivity contribution in [3.8, 4) is 11.1 Å². The lowest BCUT2D eigenvalue weighted by atomic mass is 9.87. The summed E-state index contributed by atoms with van der Waals surface area (Å²) >= 11 is 0. The molecule has 1 aliphatic heterocycles. The van der Waals surface area contributed by atoms with E-state index in [1.807, 2.05) is 43.0 Å². The summed E-state index contributed by atoms with van der Waals surface area (Å²) in [6, 6.07) is 10.6. The van der Waals surface area contributed by atoms with E-state index in [-0.39, 0.29) is 45.0 Å². The van der Waals surface area contributed by atoms with Crippen LogP contribution in [0.3, 0.4) is 0 Å². The highest BCUT2D eigenvalue weighted by atomic mass is 19.3. The summed E-state index contributed by atoms with van der Waals surface area (Å²) in [5.74, 6) is -3.74. The number of hydrogen-bond acceptors (Lipinski definition) is 3. The Hall–Kier alpha value is -2.45. The van der Waals surface area contributed by atoms with Crippen LogP contribution in [0.25, 0.3) is 11.1 Å². The first-order chi connectivity index (χ1) is 18.6. The lowest BCUT2D eigenvalue weighted by molar-refractivity contribution is -0.166. The van der Waals surface area contributed by atoms with Gasteiger partial charge in [-0.3, -0.25) is 9.69 Å². The lowest BCUT2D eigenvalue weighted by Gasteiger charge is -2.42. The van der Waals surface area contributed by atoms with E-state index in [1.165, 1.54) is 12.1 Å². The molecule has 0 unspecified atom stereocenters. The second-order valence-corrected chi connectivity index (χ2v) is 11.6. The molecule has 1 N–H and O–H groups in total. The Balaban J connectivity index is 0.00000370. The van der Waals surface area contributed by atoms with Crippen LogP contribution in [-0.4, -0.2) is 60.3 Å². The van der Waals surface area contributed by atoms with E-state index in [2.05, 4.69) is 5.32 Å². The van der Waals surface area contributed by atoms with Gasteiger partial charge in [0, 0.05) is 27.0 Å². The summed E-state index contributed by atoms with van der Waals surface area (Å²) < 4.78 is 65.2. The number of amides is 1. The van der Waals surface area contributed by atoms with Crippen LogP contribution in [0.2, 0.25) is 0 Å². The Morgan fingerprint density at radius 3 is 2.59 bits per heavy atom. The summed E-state index contributed by atoms with van der Waals surface area (Å²) in [6.07, 6.45) is -0.407. The Kier molecular flexibility index (Phi) is 8.34. The number of alkyl halides is 3. The minimum Gasteiger partial charge on any atom is -0.369 e. The highest BCUT2D eigenvalue weighted by Gasteiger charge is 2.50. The van der Waals surface area contributed by atoms with Crippen molar-refractivity contribution in [1.29, 1.82) is 0 Å². The molecule has 2 aliphatic carbocycles. The third kappa shape index (κ3) is 6.49. The molecule has 1 saturated heterocycles. The molecule has 8 heteroatoms. The minimum atomic E-state index is -3.15. The van der Waals surface area contributed by atoms with Crippen molar-refractivity contribution in [3.63, 3.8) is 0 Å². The summed E-state index contributed by atoms with van der Waals surface area (Å²) in [7, 11) is 0. The third-order valence-electron chi connectivity index (χ3n) is 8.40. The van der Waals surface area contributed by atoms with E-state index in [0.717, 1.165) is 35.1 Å². The summed E-state index contributed by atoms with van der Waals surface area (Å²) in [5, 5.41) is 2.59. The van der Waals surface area contributed by atoms with Gasteiger partial charge in [-0.15, -0.1) is 0 Å². The molecule has 3 fully saturated rings. The number of nitrogens with one attached hydrogen (secondary N) is 1. The first-order valence-electron chi connectivity index (χ1n) is 14.2. The van der Waals surface area contributed by atoms with Crippen molar-refractivity contribution >= 4 is 5.91 Å². The average Bonchev–Trinajstić information content (AvgIpc) is 3.72. The van der Waals surface area contributed by atoms with E-state index in [9.17, 15) is 13.6 Å². The molecule has 3 aliphatic rings. The largest absolute Gasteiger partial charge is 0.369 e. The van der Waals surface area contributed by atoms with Gasteiger partial charge in [0.15, 0.2) is 0 Å². The first-order valence-corrected chi connectivity index (χ1v) is 14.2. The SMILES string of the molecule is CC(C)N1CC[C@@H](O[C@H]2CCCC(F)(F)[C@@H]2NC(=O)Cc2cccc(-c3cccc(F)c3)c2C2CC2)[C@H](F)C1.[HH]. The van der Waals surface area contributed by atoms with Crippen LogP contribution in [0.15, 0.2) is 42.5 Å². The molecule has 0 aromatic heterocycles. The molecular weight excluding hydrogens is 508 g/mol. The standard InChI is InChI=1S/C31H38F4N2O2.H2/c1-19(2)37-15-13-26(25(33)18-37)39-27-10-5-14-31(34,35)30(27)36-28(38)17-22-7-4-9-24(29(22)20-11-12-20)21-6-3-8-23(32)16-21;/h3-4,6-9,16,19-20,25-27,30H,5,10-15,17-18H2,1-2H3,(H,36,38);1H/t25-,26-,27+,30-;/m1./s1. The van der Waals surface area contributed by atoms with Gasteiger partial charge in [0.25, 0.3) is 5.92 Å². The second kappa shape index (κ2) is 11.6. The first kappa shape index (κ1) is 28.1. The van der Waals surface area contributed by atoms with Crippen LogP contribution in [0.1, 0.15) is 70.8 Å². The van der Waals surface area contributed by atoms with Crippen molar-refractivity contribution in [1.82, 2.24) is 10.2 Å². The Morgan fingerprint density at radius 1 is 1.13 bits per heavy atom. The molecular formula is C31H40F4N2O2.